The summed E-state index contributed by atoms with van der Waals surface area (Å²) >= 11 is 16.0. The second kappa shape index (κ2) is 5.55. The standard InChI is InChI=1S/C7H11Cl3N2O3S/c1-4-5-12(6(13)7(8,9)10)16(14,15)11(2)3/h4H,1,5H2,2-3H3. The highest BCUT2D eigenvalue weighted by Crippen LogP contribution is 2.29. The van der Waals surface area contributed by atoms with E-state index in [0.29, 0.717) is 4.31 Å². The van der Waals surface area contributed by atoms with E-state index in [1.54, 1.807) is 0 Å². The molecule has 0 unspecified atom stereocenters. The van der Waals surface area contributed by atoms with Crippen molar-refractivity contribution in [2.24, 2.45) is 0 Å². The number of halogens is 3. The molecule has 0 aliphatic heterocycles. The van der Waals surface area contributed by atoms with Crippen LogP contribution in [0.5, 0.6) is 0 Å². The second-order valence-corrected chi connectivity index (χ2v) is 7.26. The van der Waals surface area contributed by atoms with E-state index in [9.17, 15) is 13.2 Å². The number of hydrogen-bond donors (Lipinski definition) is 0. The molecular formula is C7H11Cl3N2O3S. The highest BCUT2D eigenvalue weighted by atomic mass is 35.6. The molecule has 0 atom stereocenters. The maximum atomic E-state index is 11.7. The van der Waals surface area contributed by atoms with Crippen LogP contribution in [0.4, 0.5) is 0 Å². The number of hydrogen-bond acceptors (Lipinski definition) is 3. The summed E-state index contributed by atoms with van der Waals surface area (Å²) in [5.74, 6) is -1.15. The molecule has 0 radical (unpaired) electrons. The Bertz CT molecular complexity index is 375. The van der Waals surface area contributed by atoms with E-state index >= 15 is 0 Å². The zero-order valence-electron chi connectivity index (χ0n) is 8.65. The molecule has 0 aromatic rings. The van der Waals surface area contributed by atoms with E-state index in [2.05, 4.69) is 6.58 Å². The van der Waals surface area contributed by atoms with E-state index in [4.69, 9.17) is 34.8 Å². The highest BCUT2D eigenvalue weighted by Gasteiger charge is 2.41. The molecule has 0 aromatic carbocycles. The van der Waals surface area contributed by atoms with E-state index in [1.165, 1.54) is 20.2 Å². The summed E-state index contributed by atoms with van der Waals surface area (Å²) in [6.45, 7) is 3.06. The lowest BCUT2D eigenvalue weighted by molar-refractivity contribution is -0.125. The molecule has 0 spiro atoms. The Morgan fingerprint density at radius 1 is 1.38 bits per heavy atom. The third-order valence-electron chi connectivity index (χ3n) is 1.50. The summed E-state index contributed by atoms with van der Waals surface area (Å²) in [5, 5.41) is 0. The van der Waals surface area contributed by atoms with Gasteiger partial charge in [-0.1, -0.05) is 40.9 Å². The molecule has 0 rings (SSSR count). The first-order chi connectivity index (χ1) is 7.05. The first kappa shape index (κ1) is 16.0. The van der Waals surface area contributed by atoms with Gasteiger partial charge < -0.3 is 0 Å². The molecule has 0 aromatic heterocycles. The monoisotopic (exact) mass is 308 g/mol. The molecule has 5 nitrogen and oxygen atoms in total. The van der Waals surface area contributed by atoms with Crippen molar-refractivity contribution < 1.29 is 13.2 Å². The lowest BCUT2D eigenvalue weighted by atomic mass is 10.6. The molecule has 0 saturated carbocycles. The van der Waals surface area contributed by atoms with Crippen LogP contribution in [0.2, 0.25) is 0 Å². The summed E-state index contributed by atoms with van der Waals surface area (Å²) in [6.07, 6.45) is 1.22. The minimum Gasteiger partial charge on any atom is -0.269 e. The van der Waals surface area contributed by atoms with Crippen LogP contribution in [0.3, 0.4) is 0 Å². The predicted octanol–water partition coefficient (Wildman–Crippen LogP) is 1.18. The minimum atomic E-state index is -3.99. The number of carbonyl (C=O) groups is 1. The Morgan fingerprint density at radius 3 is 2.06 bits per heavy atom. The summed E-state index contributed by atoms with van der Waals surface area (Å²) in [5.41, 5.74) is 0. The van der Waals surface area contributed by atoms with Gasteiger partial charge in [-0.25, -0.2) is 4.31 Å². The van der Waals surface area contributed by atoms with Crippen LogP contribution in [0.25, 0.3) is 0 Å². The second-order valence-electron chi connectivity index (χ2n) is 2.91. The largest absolute Gasteiger partial charge is 0.306 e. The lowest BCUT2D eigenvalue weighted by Crippen LogP contribution is -2.48. The fraction of sp³-hybridized carbons (Fsp3) is 0.571. The molecule has 0 heterocycles. The van der Waals surface area contributed by atoms with Crippen LogP contribution in [0.1, 0.15) is 0 Å². The Morgan fingerprint density at radius 2 is 1.81 bits per heavy atom. The third-order valence-corrected chi connectivity index (χ3v) is 3.78. The number of alkyl halides is 3. The zero-order valence-corrected chi connectivity index (χ0v) is 11.7. The smallest absolute Gasteiger partial charge is 0.269 e. The van der Waals surface area contributed by atoms with Gasteiger partial charge in [-0.15, -0.1) is 6.58 Å². The summed E-state index contributed by atoms with van der Waals surface area (Å²) in [6, 6.07) is 0. The Balaban J connectivity index is 5.35. The van der Waals surface area contributed by atoms with Gasteiger partial charge in [0.1, 0.15) is 0 Å². The van der Waals surface area contributed by atoms with E-state index < -0.39 is 19.9 Å². The average Bonchev–Trinajstić information content (AvgIpc) is 2.11. The van der Waals surface area contributed by atoms with Crippen LogP contribution in [0.15, 0.2) is 12.7 Å². The number of amides is 1. The zero-order chi connectivity index (χ0) is 13.1. The Hall–Kier alpha value is -0.0100. The maximum absolute atomic E-state index is 11.7. The first-order valence-corrected chi connectivity index (χ1v) is 6.50. The van der Waals surface area contributed by atoms with E-state index in [1.807, 2.05) is 0 Å². The predicted molar refractivity (Wildman–Crippen MR) is 64.8 cm³/mol. The molecule has 0 fully saturated rings. The van der Waals surface area contributed by atoms with Crippen LogP contribution in [-0.4, -0.2) is 47.4 Å². The van der Waals surface area contributed by atoms with Gasteiger partial charge in [-0.2, -0.15) is 12.7 Å². The van der Waals surface area contributed by atoms with Crippen molar-refractivity contribution in [1.29, 1.82) is 0 Å². The fourth-order valence-electron chi connectivity index (χ4n) is 0.738. The van der Waals surface area contributed by atoms with Crippen molar-refractivity contribution >= 4 is 50.9 Å². The molecule has 9 heteroatoms. The number of carbonyl (C=O) groups excluding carboxylic acids is 1. The normalized spacial score (nSPS) is 12.6. The van der Waals surface area contributed by atoms with E-state index in [-0.39, 0.29) is 6.54 Å². The molecular weight excluding hydrogens is 299 g/mol. The topological polar surface area (TPSA) is 57.7 Å². The van der Waals surface area contributed by atoms with Gasteiger partial charge in [0.15, 0.2) is 0 Å². The van der Waals surface area contributed by atoms with Gasteiger partial charge >= 0.3 is 10.2 Å². The first-order valence-electron chi connectivity index (χ1n) is 3.97. The van der Waals surface area contributed by atoms with Crippen LogP contribution in [-0.2, 0) is 15.0 Å². The van der Waals surface area contributed by atoms with Crippen molar-refractivity contribution in [3.8, 4) is 0 Å². The molecule has 1 amide bonds. The van der Waals surface area contributed by atoms with Gasteiger partial charge in [0.25, 0.3) is 9.70 Å². The van der Waals surface area contributed by atoms with Gasteiger partial charge in [-0.05, 0) is 0 Å². The van der Waals surface area contributed by atoms with Gasteiger partial charge in [0, 0.05) is 14.1 Å². The van der Waals surface area contributed by atoms with Crippen LogP contribution >= 0.6 is 34.8 Å². The summed E-state index contributed by atoms with van der Waals surface area (Å²) in [4.78, 5) is 11.6. The van der Waals surface area contributed by atoms with Crippen LogP contribution < -0.4 is 0 Å². The quantitative estimate of drug-likeness (QED) is 0.579. The maximum Gasteiger partial charge on any atom is 0.306 e. The lowest BCUT2D eigenvalue weighted by Gasteiger charge is -2.26. The molecule has 0 N–H and O–H groups in total. The highest BCUT2D eigenvalue weighted by molar-refractivity contribution is 7.87. The molecule has 0 aliphatic rings. The summed E-state index contributed by atoms with van der Waals surface area (Å²) < 4.78 is 22.4. The van der Waals surface area contributed by atoms with Crippen molar-refractivity contribution in [3.63, 3.8) is 0 Å². The van der Waals surface area contributed by atoms with Gasteiger partial charge in [0.05, 0.1) is 6.54 Å². The Labute approximate surface area is 110 Å². The minimum absolute atomic E-state index is 0.271. The van der Waals surface area contributed by atoms with Crippen molar-refractivity contribution in [1.82, 2.24) is 8.61 Å². The van der Waals surface area contributed by atoms with E-state index in [0.717, 1.165) is 4.31 Å². The number of nitrogens with zero attached hydrogens (tertiary/aromatic N) is 2. The molecule has 94 valence electrons. The van der Waals surface area contributed by atoms with Crippen molar-refractivity contribution in [2.45, 2.75) is 3.79 Å². The van der Waals surface area contributed by atoms with Gasteiger partial charge in [-0.3, -0.25) is 4.79 Å². The van der Waals surface area contributed by atoms with Gasteiger partial charge in [0.2, 0.25) is 0 Å². The molecule has 16 heavy (non-hydrogen) atoms. The third kappa shape index (κ3) is 3.78. The number of rotatable bonds is 4. The van der Waals surface area contributed by atoms with Crippen molar-refractivity contribution in [3.05, 3.63) is 12.7 Å². The SMILES string of the molecule is C=CCN(C(=O)C(Cl)(Cl)Cl)S(=O)(=O)N(C)C. The molecule has 0 bridgehead atoms. The fourth-order valence-corrected chi connectivity index (χ4v) is 2.23. The molecule has 0 aliphatic carbocycles. The summed E-state index contributed by atoms with van der Waals surface area (Å²) in [7, 11) is -1.47. The van der Waals surface area contributed by atoms with Crippen molar-refractivity contribution in [2.75, 3.05) is 20.6 Å². The Kier molecular flexibility index (Phi) is 5.55. The molecule has 0 saturated heterocycles. The van der Waals surface area contributed by atoms with Crippen LogP contribution in [0, 0.1) is 0 Å². The average molecular weight is 310 g/mol.